The second-order valence-electron chi connectivity index (χ2n) is 6.21. The molecule has 5 nitrogen and oxygen atoms in total. The maximum absolute atomic E-state index is 13.7. The summed E-state index contributed by atoms with van der Waals surface area (Å²) in [4.78, 5) is 14.1. The van der Waals surface area contributed by atoms with Gasteiger partial charge in [-0.25, -0.2) is 8.78 Å². The first-order valence-corrected chi connectivity index (χ1v) is 7.72. The zero-order valence-corrected chi connectivity index (χ0v) is 13.6. The Morgan fingerprint density at radius 2 is 2.21 bits per heavy atom. The molecule has 0 aliphatic carbocycles. The van der Waals surface area contributed by atoms with Gasteiger partial charge in [0.05, 0.1) is 25.8 Å². The molecule has 1 aromatic heterocycles. The van der Waals surface area contributed by atoms with Gasteiger partial charge in [0.1, 0.15) is 17.2 Å². The zero-order valence-electron chi connectivity index (χ0n) is 13.6. The van der Waals surface area contributed by atoms with Gasteiger partial charge in [-0.05, 0) is 25.1 Å². The molecule has 1 aliphatic heterocycles. The smallest absolute Gasteiger partial charge is 0.227 e. The molecule has 1 atom stereocenters. The summed E-state index contributed by atoms with van der Waals surface area (Å²) < 4.78 is 34.5. The van der Waals surface area contributed by atoms with Crippen LogP contribution in [-0.2, 0) is 28.6 Å². The van der Waals surface area contributed by atoms with Crippen LogP contribution >= 0.6 is 0 Å². The van der Waals surface area contributed by atoms with E-state index < -0.39 is 17.2 Å². The van der Waals surface area contributed by atoms with E-state index in [0.717, 1.165) is 23.8 Å². The highest BCUT2D eigenvalue weighted by atomic mass is 19.1. The van der Waals surface area contributed by atoms with Crippen molar-refractivity contribution in [1.29, 1.82) is 0 Å². The van der Waals surface area contributed by atoms with E-state index in [0.29, 0.717) is 19.7 Å². The molecule has 0 saturated carbocycles. The topological polar surface area (TPSA) is 47.4 Å². The lowest BCUT2D eigenvalue weighted by atomic mass is 9.96. The predicted octanol–water partition coefficient (Wildman–Crippen LogP) is 2.01. The van der Waals surface area contributed by atoms with E-state index in [4.69, 9.17) is 4.74 Å². The number of aryl methyl sites for hydroxylation is 1. The fraction of sp³-hybridized carbons (Fsp3) is 0.412. The van der Waals surface area contributed by atoms with Crippen molar-refractivity contribution >= 4 is 5.91 Å². The first kappa shape index (κ1) is 16.6. The summed E-state index contributed by atoms with van der Waals surface area (Å²) in [5.74, 6) is -1.38. The van der Waals surface area contributed by atoms with Crippen molar-refractivity contribution in [3.05, 3.63) is 53.4 Å². The minimum absolute atomic E-state index is 0.0644. The van der Waals surface area contributed by atoms with Gasteiger partial charge in [-0.3, -0.25) is 9.48 Å². The van der Waals surface area contributed by atoms with Crippen LogP contribution < -0.4 is 0 Å². The van der Waals surface area contributed by atoms with Crippen molar-refractivity contribution in [2.75, 3.05) is 19.7 Å². The maximum atomic E-state index is 13.7. The fourth-order valence-corrected chi connectivity index (χ4v) is 2.91. The third-order valence-corrected chi connectivity index (χ3v) is 4.29. The maximum Gasteiger partial charge on any atom is 0.227 e. The number of carbonyl (C=O) groups is 1. The lowest BCUT2D eigenvalue weighted by Crippen LogP contribution is -2.50. The lowest BCUT2D eigenvalue weighted by molar-refractivity contribution is -0.149. The normalized spacial score (nSPS) is 21.1. The number of rotatable bonds is 3. The fourth-order valence-electron chi connectivity index (χ4n) is 2.91. The Morgan fingerprint density at radius 3 is 2.92 bits per heavy atom. The van der Waals surface area contributed by atoms with E-state index >= 15 is 0 Å². The van der Waals surface area contributed by atoms with Crippen molar-refractivity contribution in [1.82, 2.24) is 14.7 Å². The van der Waals surface area contributed by atoms with Crippen LogP contribution in [0.3, 0.4) is 0 Å². The Labute approximate surface area is 138 Å². The van der Waals surface area contributed by atoms with Crippen LogP contribution in [0.5, 0.6) is 0 Å². The van der Waals surface area contributed by atoms with Gasteiger partial charge >= 0.3 is 0 Å². The van der Waals surface area contributed by atoms with E-state index in [9.17, 15) is 13.6 Å². The molecule has 2 aromatic rings. The summed E-state index contributed by atoms with van der Waals surface area (Å²) in [6.45, 7) is 3.04. The number of hydrogen-bond donors (Lipinski definition) is 0. The molecule has 1 amide bonds. The number of nitrogens with zero attached hydrogens (tertiary/aromatic N) is 3. The third-order valence-electron chi connectivity index (χ3n) is 4.29. The van der Waals surface area contributed by atoms with Crippen LogP contribution in [0.15, 0.2) is 30.6 Å². The van der Waals surface area contributed by atoms with Crippen molar-refractivity contribution in [3.8, 4) is 0 Å². The summed E-state index contributed by atoms with van der Waals surface area (Å²) in [5, 5.41) is 4.14. The van der Waals surface area contributed by atoms with Crippen LogP contribution in [0.4, 0.5) is 8.78 Å². The molecule has 1 aromatic carbocycles. The summed E-state index contributed by atoms with van der Waals surface area (Å²) >= 11 is 0. The quantitative estimate of drug-likeness (QED) is 0.862. The monoisotopic (exact) mass is 335 g/mol. The van der Waals surface area contributed by atoms with Crippen LogP contribution in [0.2, 0.25) is 0 Å². The summed E-state index contributed by atoms with van der Waals surface area (Å²) in [6, 6.07) is 3.14. The summed E-state index contributed by atoms with van der Waals surface area (Å²) in [7, 11) is 1.81. The van der Waals surface area contributed by atoms with Gasteiger partial charge < -0.3 is 9.64 Å². The minimum Gasteiger partial charge on any atom is -0.367 e. The highest BCUT2D eigenvalue weighted by Gasteiger charge is 2.36. The molecule has 1 fully saturated rings. The second-order valence-corrected chi connectivity index (χ2v) is 6.21. The average molecular weight is 335 g/mol. The second kappa shape index (κ2) is 6.32. The third kappa shape index (κ3) is 3.31. The van der Waals surface area contributed by atoms with Gasteiger partial charge in [-0.1, -0.05) is 0 Å². The number of hydrogen-bond acceptors (Lipinski definition) is 3. The van der Waals surface area contributed by atoms with Crippen LogP contribution in [0.1, 0.15) is 18.1 Å². The van der Waals surface area contributed by atoms with E-state index in [-0.39, 0.29) is 17.9 Å². The van der Waals surface area contributed by atoms with Crippen molar-refractivity contribution in [2.45, 2.75) is 18.9 Å². The highest BCUT2D eigenvalue weighted by molar-refractivity contribution is 5.79. The Hall–Kier alpha value is -2.28. The van der Waals surface area contributed by atoms with Gasteiger partial charge in [0.15, 0.2) is 0 Å². The number of morpholine rings is 1. The van der Waals surface area contributed by atoms with Gasteiger partial charge in [-0.15, -0.1) is 0 Å². The largest absolute Gasteiger partial charge is 0.367 e. The Kier molecular flexibility index (Phi) is 4.36. The molecular weight excluding hydrogens is 316 g/mol. The van der Waals surface area contributed by atoms with Gasteiger partial charge in [0.2, 0.25) is 5.91 Å². The van der Waals surface area contributed by atoms with Crippen LogP contribution in [0.25, 0.3) is 0 Å². The molecule has 1 aliphatic rings. The van der Waals surface area contributed by atoms with Crippen molar-refractivity contribution < 1.29 is 18.3 Å². The van der Waals surface area contributed by atoms with Crippen molar-refractivity contribution in [3.63, 3.8) is 0 Å². The van der Waals surface area contributed by atoms with Gasteiger partial charge in [-0.2, -0.15) is 5.10 Å². The molecule has 1 saturated heterocycles. The molecule has 24 heavy (non-hydrogen) atoms. The molecule has 3 rings (SSSR count). The van der Waals surface area contributed by atoms with Gasteiger partial charge in [0.25, 0.3) is 0 Å². The highest BCUT2D eigenvalue weighted by Crippen LogP contribution is 2.29. The first-order valence-electron chi connectivity index (χ1n) is 7.72. The van der Waals surface area contributed by atoms with E-state index in [1.807, 2.05) is 20.2 Å². The number of benzene rings is 1. The molecule has 0 radical (unpaired) electrons. The number of carbonyl (C=O) groups excluding carboxylic acids is 1. The molecule has 0 spiro atoms. The van der Waals surface area contributed by atoms with Crippen molar-refractivity contribution in [2.24, 2.45) is 7.05 Å². The minimum atomic E-state index is -0.664. The first-order chi connectivity index (χ1) is 11.4. The van der Waals surface area contributed by atoms with E-state index in [2.05, 4.69) is 5.10 Å². The molecule has 7 heteroatoms. The zero-order chi connectivity index (χ0) is 17.3. The number of halogens is 2. The predicted molar refractivity (Wildman–Crippen MR) is 83.2 cm³/mol. The number of aromatic nitrogens is 2. The standard InChI is InChI=1S/C17H19F2N3O2/c1-17(13-9-20-21(2)10-13)11-22(5-6-24-17)16(23)8-12-7-14(18)3-4-15(12)19/h3-4,7,9-10H,5-6,8,11H2,1-2H3. The average Bonchev–Trinajstić information content (AvgIpc) is 2.98. The Balaban J connectivity index is 1.74. The SMILES string of the molecule is Cn1cc(C2(C)CN(C(=O)Cc3cc(F)ccc3F)CCO2)cn1. The summed E-state index contributed by atoms with van der Waals surface area (Å²) in [5.41, 5.74) is 0.275. The molecule has 1 unspecified atom stereocenters. The number of ether oxygens (including phenoxy) is 1. The Morgan fingerprint density at radius 1 is 1.42 bits per heavy atom. The summed E-state index contributed by atoms with van der Waals surface area (Å²) in [6.07, 6.45) is 3.38. The van der Waals surface area contributed by atoms with Crippen LogP contribution in [0, 0.1) is 11.6 Å². The molecule has 128 valence electrons. The lowest BCUT2D eigenvalue weighted by Gasteiger charge is -2.40. The van der Waals surface area contributed by atoms with E-state index in [1.165, 1.54) is 0 Å². The Bertz CT molecular complexity index is 762. The molecule has 0 N–H and O–H groups in total. The van der Waals surface area contributed by atoms with Crippen LogP contribution in [-0.4, -0.2) is 40.3 Å². The number of amides is 1. The van der Waals surface area contributed by atoms with E-state index in [1.54, 1.807) is 15.8 Å². The molecule has 2 heterocycles. The molecular formula is C17H19F2N3O2. The molecule has 0 bridgehead atoms. The van der Waals surface area contributed by atoms with Gasteiger partial charge in [0, 0.05) is 30.9 Å².